The number of hydrogen-bond acceptors (Lipinski definition) is 5. The minimum atomic E-state index is -0.371. The quantitative estimate of drug-likeness (QED) is 0.793. The number of fused-ring (bicyclic) bond motifs is 1. The summed E-state index contributed by atoms with van der Waals surface area (Å²) in [5.41, 5.74) is 2.98. The Hall–Kier alpha value is -3.22. The highest BCUT2D eigenvalue weighted by Crippen LogP contribution is 2.39. The fourth-order valence-corrected chi connectivity index (χ4v) is 4.27. The largest absolute Gasteiger partial charge is 0.497 e. The standard InChI is InChI=1S/C23H26N2O5/c1-28-17-7-5-16(6-8-17)25-13-15(11-22(25)26)23(27)24-19-9-4-14-10-20(29-2)21(30-3)12-18(14)19/h5-8,10,12,15,19H,4,9,11,13H2,1-3H3,(H,24,27)/t15-,19-/m0/s1. The minimum Gasteiger partial charge on any atom is -0.497 e. The maximum Gasteiger partial charge on any atom is 0.227 e. The molecule has 1 aliphatic heterocycles. The van der Waals surface area contributed by atoms with Gasteiger partial charge in [-0.15, -0.1) is 0 Å². The van der Waals surface area contributed by atoms with E-state index in [0.717, 1.165) is 35.4 Å². The number of methoxy groups -OCH3 is 3. The van der Waals surface area contributed by atoms with Gasteiger partial charge < -0.3 is 24.4 Å². The predicted octanol–water partition coefficient (Wildman–Crippen LogP) is 2.87. The molecule has 1 fully saturated rings. The molecule has 2 amide bonds. The van der Waals surface area contributed by atoms with Crippen LogP contribution in [0, 0.1) is 5.92 Å². The van der Waals surface area contributed by atoms with Crippen LogP contribution in [-0.4, -0.2) is 39.7 Å². The molecule has 0 saturated carbocycles. The molecule has 2 aromatic rings. The average molecular weight is 410 g/mol. The molecular weight excluding hydrogens is 384 g/mol. The molecule has 2 aliphatic rings. The van der Waals surface area contributed by atoms with Gasteiger partial charge in [0.05, 0.1) is 33.3 Å². The molecule has 0 unspecified atom stereocenters. The van der Waals surface area contributed by atoms with Crippen LogP contribution >= 0.6 is 0 Å². The van der Waals surface area contributed by atoms with E-state index in [4.69, 9.17) is 14.2 Å². The highest BCUT2D eigenvalue weighted by Gasteiger charge is 2.37. The number of hydrogen-bond donors (Lipinski definition) is 1. The fourth-order valence-electron chi connectivity index (χ4n) is 4.27. The molecule has 1 saturated heterocycles. The number of nitrogens with zero attached hydrogens (tertiary/aromatic N) is 1. The normalized spacial score (nSPS) is 20.1. The summed E-state index contributed by atoms with van der Waals surface area (Å²) in [7, 11) is 4.82. The Labute approximate surface area is 175 Å². The van der Waals surface area contributed by atoms with Crippen molar-refractivity contribution in [3.63, 3.8) is 0 Å². The first-order valence-corrected chi connectivity index (χ1v) is 10.0. The van der Waals surface area contributed by atoms with Crippen molar-refractivity contribution in [2.45, 2.75) is 25.3 Å². The van der Waals surface area contributed by atoms with Gasteiger partial charge in [0.25, 0.3) is 0 Å². The molecule has 7 nitrogen and oxygen atoms in total. The third kappa shape index (κ3) is 3.67. The van der Waals surface area contributed by atoms with Crippen LogP contribution in [0.4, 0.5) is 5.69 Å². The Bertz CT molecular complexity index is 957. The summed E-state index contributed by atoms with van der Waals surface area (Å²) >= 11 is 0. The summed E-state index contributed by atoms with van der Waals surface area (Å²) in [6.45, 7) is 0.377. The lowest BCUT2D eigenvalue weighted by atomic mass is 10.0. The lowest BCUT2D eigenvalue weighted by Gasteiger charge is -2.19. The minimum absolute atomic E-state index is 0.0430. The lowest BCUT2D eigenvalue weighted by Crippen LogP contribution is -2.34. The van der Waals surface area contributed by atoms with Crippen molar-refractivity contribution in [1.82, 2.24) is 5.32 Å². The molecule has 4 rings (SSSR count). The highest BCUT2D eigenvalue weighted by molar-refractivity contribution is 6.00. The highest BCUT2D eigenvalue weighted by atomic mass is 16.5. The van der Waals surface area contributed by atoms with Crippen molar-refractivity contribution >= 4 is 17.5 Å². The van der Waals surface area contributed by atoms with Gasteiger partial charge in [-0.25, -0.2) is 0 Å². The first kappa shape index (κ1) is 20.1. The smallest absolute Gasteiger partial charge is 0.227 e. The SMILES string of the molecule is COc1ccc(N2C[C@@H](C(=O)N[C@H]3CCc4cc(OC)c(OC)cc43)CC2=O)cc1. The summed E-state index contributed by atoms with van der Waals surface area (Å²) in [5.74, 6) is 1.57. The van der Waals surface area contributed by atoms with Gasteiger partial charge in [0.1, 0.15) is 5.75 Å². The van der Waals surface area contributed by atoms with Gasteiger partial charge in [-0.1, -0.05) is 0 Å². The lowest BCUT2D eigenvalue weighted by molar-refractivity contribution is -0.127. The van der Waals surface area contributed by atoms with Gasteiger partial charge >= 0.3 is 0 Å². The van der Waals surface area contributed by atoms with Gasteiger partial charge in [-0.2, -0.15) is 0 Å². The number of anilines is 1. The summed E-state index contributed by atoms with van der Waals surface area (Å²) in [6, 6.07) is 11.1. The third-order valence-corrected chi connectivity index (χ3v) is 5.92. The molecule has 0 radical (unpaired) electrons. The van der Waals surface area contributed by atoms with Gasteiger partial charge in [0.2, 0.25) is 11.8 Å². The van der Waals surface area contributed by atoms with Gasteiger partial charge in [0.15, 0.2) is 11.5 Å². The second kappa shape index (κ2) is 8.26. The van der Waals surface area contributed by atoms with Crippen LogP contribution in [0.3, 0.4) is 0 Å². The number of carbonyl (C=O) groups excluding carboxylic acids is 2. The van der Waals surface area contributed by atoms with Crippen molar-refractivity contribution < 1.29 is 23.8 Å². The zero-order chi connectivity index (χ0) is 21.3. The number of nitrogens with one attached hydrogen (secondary N) is 1. The van der Waals surface area contributed by atoms with Gasteiger partial charge in [-0.3, -0.25) is 9.59 Å². The van der Waals surface area contributed by atoms with Crippen LogP contribution in [0.5, 0.6) is 17.2 Å². The average Bonchev–Trinajstić information content (AvgIpc) is 3.35. The summed E-state index contributed by atoms with van der Waals surface area (Å²) in [5, 5.41) is 3.14. The number of rotatable bonds is 6. The number of amides is 2. The molecule has 0 spiro atoms. The molecule has 2 aromatic carbocycles. The summed E-state index contributed by atoms with van der Waals surface area (Å²) < 4.78 is 16.0. The van der Waals surface area contributed by atoms with E-state index >= 15 is 0 Å². The van der Waals surface area contributed by atoms with E-state index in [0.29, 0.717) is 18.0 Å². The first-order valence-electron chi connectivity index (χ1n) is 10.0. The van der Waals surface area contributed by atoms with Crippen LogP contribution in [-0.2, 0) is 16.0 Å². The maximum absolute atomic E-state index is 12.9. The number of benzene rings is 2. The van der Waals surface area contributed by atoms with E-state index < -0.39 is 0 Å². The van der Waals surface area contributed by atoms with E-state index in [1.807, 2.05) is 36.4 Å². The second-order valence-corrected chi connectivity index (χ2v) is 7.61. The molecule has 0 bridgehead atoms. The maximum atomic E-state index is 12.9. The Morgan fingerprint density at radius 2 is 1.73 bits per heavy atom. The van der Waals surface area contributed by atoms with E-state index in [1.165, 1.54) is 0 Å². The fraction of sp³-hybridized carbons (Fsp3) is 0.391. The van der Waals surface area contributed by atoms with Crippen LogP contribution in [0.1, 0.15) is 30.0 Å². The number of ether oxygens (including phenoxy) is 3. The van der Waals surface area contributed by atoms with Gasteiger partial charge in [-0.05, 0) is 60.4 Å². The Morgan fingerprint density at radius 3 is 2.40 bits per heavy atom. The van der Waals surface area contributed by atoms with Crippen LogP contribution in [0.15, 0.2) is 36.4 Å². The van der Waals surface area contributed by atoms with Crippen molar-refractivity contribution in [2.75, 3.05) is 32.8 Å². The van der Waals surface area contributed by atoms with Crippen LogP contribution in [0.2, 0.25) is 0 Å². The molecular formula is C23H26N2O5. The van der Waals surface area contributed by atoms with Gasteiger partial charge in [0, 0.05) is 18.7 Å². The van der Waals surface area contributed by atoms with Crippen molar-refractivity contribution in [1.29, 1.82) is 0 Å². The number of carbonyl (C=O) groups is 2. The molecule has 30 heavy (non-hydrogen) atoms. The number of aryl methyl sites for hydroxylation is 1. The molecule has 2 atom stereocenters. The Balaban J connectivity index is 1.45. The first-order chi connectivity index (χ1) is 14.5. The summed E-state index contributed by atoms with van der Waals surface area (Å²) in [4.78, 5) is 27.1. The van der Waals surface area contributed by atoms with Crippen LogP contribution in [0.25, 0.3) is 0 Å². The molecule has 1 aliphatic carbocycles. The molecule has 1 heterocycles. The van der Waals surface area contributed by atoms with Crippen molar-refractivity contribution in [3.05, 3.63) is 47.5 Å². The summed E-state index contributed by atoms with van der Waals surface area (Å²) in [6.07, 6.45) is 1.89. The zero-order valence-electron chi connectivity index (χ0n) is 17.4. The van der Waals surface area contributed by atoms with Crippen molar-refractivity contribution in [3.8, 4) is 17.2 Å². The van der Waals surface area contributed by atoms with Crippen molar-refractivity contribution in [2.24, 2.45) is 5.92 Å². The Morgan fingerprint density at radius 1 is 1.03 bits per heavy atom. The van der Waals surface area contributed by atoms with E-state index in [9.17, 15) is 9.59 Å². The topological polar surface area (TPSA) is 77.1 Å². The van der Waals surface area contributed by atoms with E-state index in [-0.39, 0.29) is 30.2 Å². The monoisotopic (exact) mass is 410 g/mol. The molecule has 0 aromatic heterocycles. The molecule has 7 heteroatoms. The third-order valence-electron chi connectivity index (χ3n) is 5.92. The second-order valence-electron chi connectivity index (χ2n) is 7.61. The predicted molar refractivity (Wildman–Crippen MR) is 112 cm³/mol. The van der Waals surface area contributed by atoms with E-state index in [2.05, 4.69) is 5.32 Å². The Kier molecular flexibility index (Phi) is 5.53. The van der Waals surface area contributed by atoms with Crippen LogP contribution < -0.4 is 24.4 Å². The van der Waals surface area contributed by atoms with E-state index in [1.54, 1.807) is 26.2 Å². The molecule has 158 valence electrons. The zero-order valence-corrected chi connectivity index (χ0v) is 17.4. The molecule has 1 N–H and O–H groups in total.